The molecule has 0 aliphatic carbocycles. The van der Waals surface area contributed by atoms with Crippen molar-refractivity contribution < 1.29 is 28.5 Å². The van der Waals surface area contributed by atoms with E-state index in [-0.39, 0.29) is 11.5 Å². The summed E-state index contributed by atoms with van der Waals surface area (Å²) in [6, 6.07) is 16.7. The van der Waals surface area contributed by atoms with Gasteiger partial charge in [-0.05, 0) is 57.9 Å². The van der Waals surface area contributed by atoms with E-state index in [9.17, 15) is 9.59 Å². The molecular formula is C24H21BrN2O6. The quantitative estimate of drug-likeness (QED) is 0.207. The maximum absolute atomic E-state index is 12.7. The maximum atomic E-state index is 12.7. The van der Waals surface area contributed by atoms with Crippen molar-refractivity contribution in [1.82, 2.24) is 5.43 Å². The van der Waals surface area contributed by atoms with E-state index in [2.05, 4.69) is 26.5 Å². The topological polar surface area (TPSA) is 95.5 Å². The predicted octanol–water partition coefficient (Wildman–Crippen LogP) is 4.46. The van der Waals surface area contributed by atoms with Crippen LogP contribution in [0.4, 0.5) is 0 Å². The fourth-order valence-corrected chi connectivity index (χ4v) is 3.36. The first-order chi connectivity index (χ1) is 16.0. The van der Waals surface area contributed by atoms with Crippen LogP contribution in [0.3, 0.4) is 0 Å². The number of methoxy groups -OCH3 is 3. The van der Waals surface area contributed by atoms with Gasteiger partial charge in [0.2, 0.25) is 5.75 Å². The van der Waals surface area contributed by atoms with Crippen molar-refractivity contribution in [3.63, 3.8) is 0 Å². The highest BCUT2D eigenvalue weighted by Gasteiger charge is 2.18. The predicted molar refractivity (Wildman–Crippen MR) is 127 cm³/mol. The van der Waals surface area contributed by atoms with Crippen molar-refractivity contribution in [2.75, 3.05) is 21.3 Å². The monoisotopic (exact) mass is 512 g/mol. The zero-order valence-corrected chi connectivity index (χ0v) is 19.7. The number of carbonyl (C=O) groups is 2. The first-order valence-electron chi connectivity index (χ1n) is 9.67. The molecule has 9 heteroatoms. The van der Waals surface area contributed by atoms with Gasteiger partial charge >= 0.3 is 5.97 Å². The first kappa shape index (κ1) is 23.8. The molecule has 0 saturated heterocycles. The summed E-state index contributed by atoms with van der Waals surface area (Å²) in [4.78, 5) is 24.9. The SMILES string of the molecule is COc1cc(C(=O)Oc2cccc(/C=N\NC(=O)c3ccccc3Br)c2)cc(OC)c1OC. The van der Waals surface area contributed by atoms with Gasteiger partial charge < -0.3 is 18.9 Å². The molecule has 0 atom stereocenters. The number of rotatable bonds is 8. The minimum atomic E-state index is -0.606. The van der Waals surface area contributed by atoms with Crippen molar-refractivity contribution in [1.29, 1.82) is 0 Å². The van der Waals surface area contributed by atoms with E-state index in [0.29, 0.717) is 38.6 Å². The van der Waals surface area contributed by atoms with Crippen LogP contribution in [-0.4, -0.2) is 39.4 Å². The second-order valence-corrected chi connectivity index (χ2v) is 7.41. The van der Waals surface area contributed by atoms with Gasteiger partial charge in [0.05, 0.1) is 38.7 Å². The molecular weight excluding hydrogens is 492 g/mol. The van der Waals surface area contributed by atoms with Crippen LogP contribution in [0.25, 0.3) is 0 Å². The van der Waals surface area contributed by atoms with Gasteiger partial charge in [0.15, 0.2) is 11.5 Å². The Hall–Kier alpha value is -3.85. The van der Waals surface area contributed by atoms with Gasteiger partial charge in [0.1, 0.15) is 5.75 Å². The van der Waals surface area contributed by atoms with Gasteiger partial charge in [0.25, 0.3) is 5.91 Å². The molecule has 170 valence electrons. The second kappa shape index (κ2) is 11.1. The van der Waals surface area contributed by atoms with Crippen molar-refractivity contribution in [3.05, 3.63) is 81.8 Å². The molecule has 0 aliphatic rings. The molecule has 0 fully saturated rings. The Morgan fingerprint density at radius 1 is 0.909 bits per heavy atom. The minimum absolute atomic E-state index is 0.226. The zero-order chi connectivity index (χ0) is 23.8. The Bertz CT molecular complexity index is 1170. The number of nitrogens with one attached hydrogen (secondary N) is 1. The third-order valence-electron chi connectivity index (χ3n) is 4.47. The zero-order valence-electron chi connectivity index (χ0n) is 18.1. The van der Waals surface area contributed by atoms with Crippen LogP contribution in [0.2, 0.25) is 0 Å². The van der Waals surface area contributed by atoms with Crippen molar-refractivity contribution in [3.8, 4) is 23.0 Å². The standard InChI is InChI=1S/C24H21BrN2O6/c1-30-20-12-16(13-21(31-2)22(20)32-3)24(29)33-17-8-6-7-15(11-17)14-26-27-23(28)18-9-4-5-10-19(18)25/h4-14H,1-3H3,(H,27,28)/b26-14-. The van der Waals surface area contributed by atoms with Crippen LogP contribution in [0, 0.1) is 0 Å². The molecule has 0 radical (unpaired) electrons. The van der Waals surface area contributed by atoms with Crippen LogP contribution in [0.5, 0.6) is 23.0 Å². The number of hydrazone groups is 1. The van der Waals surface area contributed by atoms with E-state index in [1.165, 1.54) is 39.7 Å². The molecule has 0 saturated carbocycles. The minimum Gasteiger partial charge on any atom is -0.493 e. The number of nitrogens with zero attached hydrogens (tertiary/aromatic N) is 1. The van der Waals surface area contributed by atoms with E-state index in [0.717, 1.165) is 0 Å². The van der Waals surface area contributed by atoms with Crippen LogP contribution < -0.4 is 24.4 Å². The lowest BCUT2D eigenvalue weighted by molar-refractivity contribution is 0.0733. The second-order valence-electron chi connectivity index (χ2n) is 6.55. The molecule has 0 aromatic heterocycles. The maximum Gasteiger partial charge on any atom is 0.343 e. The third kappa shape index (κ3) is 5.89. The number of esters is 1. The fourth-order valence-electron chi connectivity index (χ4n) is 2.89. The summed E-state index contributed by atoms with van der Waals surface area (Å²) in [6.07, 6.45) is 1.45. The van der Waals surface area contributed by atoms with Crippen molar-refractivity contribution >= 4 is 34.0 Å². The summed E-state index contributed by atoms with van der Waals surface area (Å²) in [6.45, 7) is 0. The molecule has 3 aromatic carbocycles. The van der Waals surface area contributed by atoms with E-state index < -0.39 is 5.97 Å². The number of hydrogen-bond donors (Lipinski definition) is 1. The summed E-state index contributed by atoms with van der Waals surface area (Å²) >= 11 is 3.33. The summed E-state index contributed by atoms with van der Waals surface area (Å²) in [5, 5.41) is 3.97. The lowest BCUT2D eigenvalue weighted by Gasteiger charge is -2.13. The molecule has 3 aromatic rings. The van der Waals surface area contributed by atoms with Crippen molar-refractivity contribution in [2.45, 2.75) is 0 Å². The highest BCUT2D eigenvalue weighted by atomic mass is 79.9. The fraction of sp³-hybridized carbons (Fsp3) is 0.125. The molecule has 0 spiro atoms. The number of ether oxygens (including phenoxy) is 4. The summed E-state index contributed by atoms with van der Waals surface area (Å²) in [5.41, 5.74) is 3.77. The van der Waals surface area contributed by atoms with Gasteiger partial charge in [-0.1, -0.05) is 24.3 Å². The van der Waals surface area contributed by atoms with Crippen LogP contribution in [0.1, 0.15) is 26.3 Å². The van der Waals surface area contributed by atoms with E-state index in [4.69, 9.17) is 18.9 Å². The lowest BCUT2D eigenvalue weighted by atomic mass is 10.1. The van der Waals surface area contributed by atoms with Gasteiger partial charge in [-0.3, -0.25) is 4.79 Å². The van der Waals surface area contributed by atoms with Crippen LogP contribution in [0.15, 0.2) is 70.2 Å². The highest BCUT2D eigenvalue weighted by molar-refractivity contribution is 9.10. The number of hydrogen-bond acceptors (Lipinski definition) is 7. The Balaban J connectivity index is 1.71. The Labute approximate surface area is 199 Å². The summed E-state index contributed by atoms with van der Waals surface area (Å²) < 4.78 is 22.0. The van der Waals surface area contributed by atoms with Gasteiger partial charge in [-0.15, -0.1) is 0 Å². The third-order valence-corrected chi connectivity index (χ3v) is 5.16. The Kier molecular flexibility index (Phi) is 8.04. The molecule has 0 aliphatic heterocycles. The largest absolute Gasteiger partial charge is 0.493 e. The molecule has 0 heterocycles. The van der Waals surface area contributed by atoms with Crippen LogP contribution in [-0.2, 0) is 0 Å². The van der Waals surface area contributed by atoms with Crippen molar-refractivity contribution in [2.24, 2.45) is 5.10 Å². The molecule has 33 heavy (non-hydrogen) atoms. The number of carbonyl (C=O) groups excluding carboxylic acids is 2. The summed E-state index contributed by atoms with van der Waals surface area (Å²) in [5.74, 6) is 0.388. The Morgan fingerprint density at radius 2 is 1.61 bits per heavy atom. The first-order valence-corrected chi connectivity index (χ1v) is 10.5. The molecule has 1 amide bonds. The average Bonchev–Trinajstić information content (AvgIpc) is 2.83. The van der Waals surface area contributed by atoms with Gasteiger partial charge in [-0.25, -0.2) is 10.2 Å². The van der Waals surface area contributed by atoms with E-state index in [1.54, 1.807) is 42.5 Å². The number of benzene rings is 3. The van der Waals surface area contributed by atoms with E-state index >= 15 is 0 Å². The molecule has 3 rings (SSSR count). The van der Waals surface area contributed by atoms with Gasteiger partial charge in [0, 0.05) is 4.47 Å². The highest BCUT2D eigenvalue weighted by Crippen LogP contribution is 2.38. The Morgan fingerprint density at radius 3 is 2.24 bits per heavy atom. The number of amides is 1. The molecule has 1 N–H and O–H groups in total. The van der Waals surface area contributed by atoms with Gasteiger partial charge in [-0.2, -0.15) is 5.10 Å². The molecule has 0 bridgehead atoms. The number of halogens is 1. The lowest BCUT2D eigenvalue weighted by Crippen LogP contribution is -2.18. The molecule has 8 nitrogen and oxygen atoms in total. The smallest absolute Gasteiger partial charge is 0.343 e. The summed E-state index contributed by atoms with van der Waals surface area (Å²) in [7, 11) is 4.40. The molecule has 0 unspecified atom stereocenters. The van der Waals surface area contributed by atoms with Crippen LogP contribution >= 0.6 is 15.9 Å². The average molecular weight is 513 g/mol. The van der Waals surface area contributed by atoms with E-state index in [1.807, 2.05) is 6.07 Å². The normalized spacial score (nSPS) is 10.5.